The van der Waals surface area contributed by atoms with Crippen LogP contribution >= 0.6 is 0 Å². The van der Waals surface area contributed by atoms with Crippen molar-refractivity contribution in [2.45, 2.75) is 45.6 Å². The predicted octanol–water partition coefficient (Wildman–Crippen LogP) is 2.10. The predicted molar refractivity (Wildman–Crippen MR) is 85.8 cm³/mol. The van der Waals surface area contributed by atoms with Gasteiger partial charge in [0.05, 0.1) is 6.10 Å². The van der Waals surface area contributed by atoms with Crippen molar-refractivity contribution in [1.82, 2.24) is 5.32 Å². The second-order valence-electron chi connectivity index (χ2n) is 5.77. The van der Waals surface area contributed by atoms with Crippen LogP contribution in [0.15, 0.2) is 18.2 Å². The van der Waals surface area contributed by atoms with Crippen molar-refractivity contribution in [1.29, 1.82) is 0 Å². The smallest absolute Gasteiger partial charge is 0.251 e. The second kappa shape index (κ2) is 7.40. The molecule has 0 spiro atoms. The monoisotopic (exact) mass is 304 g/mol. The summed E-state index contributed by atoms with van der Waals surface area (Å²) < 4.78 is 0. The number of benzene rings is 1. The fourth-order valence-corrected chi connectivity index (χ4v) is 2.82. The van der Waals surface area contributed by atoms with E-state index in [2.05, 4.69) is 10.6 Å². The van der Waals surface area contributed by atoms with Crippen LogP contribution < -0.4 is 10.6 Å². The minimum atomic E-state index is -0.518. The van der Waals surface area contributed by atoms with Crippen molar-refractivity contribution in [2.75, 3.05) is 11.9 Å². The molecule has 1 atom stereocenters. The molecule has 1 unspecified atom stereocenters. The third-order valence-electron chi connectivity index (χ3n) is 4.33. The summed E-state index contributed by atoms with van der Waals surface area (Å²) in [5.41, 5.74) is 2.32. The van der Waals surface area contributed by atoms with Crippen molar-refractivity contribution in [3.8, 4) is 0 Å². The molecule has 1 aromatic carbocycles. The van der Waals surface area contributed by atoms with E-state index in [1.165, 1.54) is 0 Å². The minimum Gasteiger partial charge on any atom is -0.391 e. The summed E-state index contributed by atoms with van der Waals surface area (Å²) in [6, 6.07) is 5.27. The Bertz CT molecular complexity index is 553. The van der Waals surface area contributed by atoms with Crippen molar-refractivity contribution < 1.29 is 14.7 Å². The number of carbonyl (C=O) groups is 2. The van der Waals surface area contributed by atoms with E-state index >= 15 is 0 Å². The number of hydrogen-bond donors (Lipinski definition) is 3. The zero-order chi connectivity index (χ0) is 16.1. The van der Waals surface area contributed by atoms with E-state index < -0.39 is 6.10 Å². The minimum absolute atomic E-state index is 0.0120. The van der Waals surface area contributed by atoms with Crippen LogP contribution in [0, 0.1) is 5.92 Å². The van der Waals surface area contributed by atoms with Crippen LogP contribution in [0.5, 0.6) is 0 Å². The molecule has 1 aliphatic rings. The van der Waals surface area contributed by atoms with Gasteiger partial charge < -0.3 is 15.7 Å². The van der Waals surface area contributed by atoms with Crippen molar-refractivity contribution in [2.24, 2.45) is 5.92 Å². The Morgan fingerprint density at radius 3 is 2.73 bits per heavy atom. The van der Waals surface area contributed by atoms with Gasteiger partial charge in [0.1, 0.15) is 0 Å². The summed E-state index contributed by atoms with van der Waals surface area (Å²) in [5.74, 6) is 0.0294. The Balaban J connectivity index is 1.97. The fraction of sp³-hybridized carbons (Fsp3) is 0.529. The quantitative estimate of drug-likeness (QED) is 0.753. The third kappa shape index (κ3) is 3.85. The molecule has 0 radical (unpaired) electrons. The zero-order valence-electron chi connectivity index (χ0n) is 13.2. The molecule has 0 aromatic heterocycles. The van der Waals surface area contributed by atoms with Gasteiger partial charge >= 0.3 is 0 Å². The van der Waals surface area contributed by atoms with Crippen LogP contribution in [0.2, 0.25) is 0 Å². The van der Waals surface area contributed by atoms with Gasteiger partial charge in [-0.2, -0.15) is 0 Å². The lowest BCUT2D eigenvalue weighted by atomic mass is 9.96. The molecule has 0 saturated heterocycles. The number of amides is 2. The second-order valence-corrected chi connectivity index (χ2v) is 5.77. The molecule has 3 N–H and O–H groups in total. The van der Waals surface area contributed by atoms with Crippen LogP contribution in [-0.2, 0) is 11.2 Å². The van der Waals surface area contributed by atoms with Crippen molar-refractivity contribution >= 4 is 17.5 Å². The highest BCUT2D eigenvalue weighted by Crippen LogP contribution is 2.23. The number of aliphatic hydroxyl groups is 1. The summed E-state index contributed by atoms with van der Waals surface area (Å²) in [5, 5.41) is 15.6. The van der Waals surface area contributed by atoms with E-state index in [-0.39, 0.29) is 24.3 Å². The van der Waals surface area contributed by atoms with E-state index in [0.717, 1.165) is 24.1 Å². The highest BCUT2D eigenvalue weighted by atomic mass is 16.3. The molecular weight excluding hydrogens is 280 g/mol. The van der Waals surface area contributed by atoms with Gasteiger partial charge in [0.25, 0.3) is 5.91 Å². The van der Waals surface area contributed by atoms with E-state index in [0.29, 0.717) is 18.4 Å². The van der Waals surface area contributed by atoms with E-state index in [9.17, 15) is 14.7 Å². The molecule has 0 bridgehead atoms. The Labute approximate surface area is 131 Å². The SMILES string of the molecule is CCC(CC)C(O)CNC(=O)c1ccc2c(c1)CCC(=O)N2. The average Bonchev–Trinajstić information content (AvgIpc) is 2.53. The molecule has 0 saturated carbocycles. The Hall–Kier alpha value is -1.88. The number of nitrogens with one attached hydrogen (secondary N) is 2. The molecule has 120 valence electrons. The van der Waals surface area contributed by atoms with Crippen LogP contribution in [-0.4, -0.2) is 29.6 Å². The van der Waals surface area contributed by atoms with Crippen LogP contribution in [0.4, 0.5) is 5.69 Å². The first-order valence-corrected chi connectivity index (χ1v) is 7.94. The third-order valence-corrected chi connectivity index (χ3v) is 4.33. The first kappa shape index (κ1) is 16.5. The van der Waals surface area contributed by atoms with Gasteiger partial charge in [-0.1, -0.05) is 26.7 Å². The zero-order valence-corrected chi connectivity index (χ0v) is 13.2. The Morgan fingerprint density at radius 2 is 2.05 bits per heavy atom. The summed E-state index contributed by atoms with van der Waals surface area (Å²) >= 11 is 0. The number of aryl methyl sites for hydroxylation is 1. The highest BCUT2D eigenvalue weighted by Gasteiger charge is 2.19. The van der Waals surface area contributed by atoms with Crippen molar-refractivity contribution in [3.05, 3.63) is 29.3 Å². The molecule has 0 fully saturated rings. The van der Waals surface area contributed by atoms with Gasteiger partial charge in [0.15, 0.2) is 0 Å². The molecule has 0 aliphatic carbocycles. The topological polar surface area (TPSA) is 78.4 Å². The normalized spacial score (nSPS) is 15.2. The lowest BCUT2D eigenvalue weighted by molar-refractivity contribution is -0.116. The molecule has 1 heterocycles. The number of aliphatic hydroxyl groups excluding tert-OH is 1. The van der Waals surface area contributed by atoms with Gasteiger partial charge in [-0.3, -0.25) is 9.59 Å². The molecule has 5 heteroatoms. The molecular formula is C17H24N2O3. The first-order chi connectivity index (χ1) is 10.5. The summed E-state index contributed by atoms with van der Waals surface area (Å²) in [6.45, 7) is 4.34. The van der Waals surface area contributed by atoms with Gasteiger partial charge in [-0.25, -0.2) is 0 Å². The lowest BCUT2D eigenvalue weighted by Crippen LogP contribution is -2.36. The molecule has 1 aromatic rings. The van der Waals surface area contributed by atoms with E-state index in [1.54, 1.807) is 12.1 Å². The van der Waals surface area contributed by atoms with Crippen LogP contribution in [0.1, 0.15) is 49.0 Å². The Morgan fingerprint density at radius 1 is 1.32 bits per heavy atom. The van der Waals surface area contributed by atoms with Crippen LogP contribution in [0.3, 0.4) is 0 Å². The standard InChI is InChI=1S/C17H24N2O3/c1-3-11(4-2)15(20)10-18-17(22)13-5-7-14-12(9-13)6-8-16(21)19-14/h5,7,9,11,15,20H,3-4,6,8,10H2,1-2H3,(H,18,22)(H,19,21). The van der Waals surface area contributed by atoms with Crippen LogP contribution in [0.25, 0.3) is 0 Å². The molecule has 2 amide bonds. The van der Waals surface area contributed by atoms with Gasteiger partial charge in [0, 0.05) is 24.2 Å². The summed E-state index contributed by atoms with van der Waals surface area (Å²) in [7, 11) is 0. The van der Waals surface area contributed by atoms with E-state index in [4.69, 9.17) is 0 Å². The van der Waals surface area contributed by atoms with Gasteiger partial charge in [0.2, 0.25) is 5.91 Å². The molecule has 2 rings (SSSR count). The molecule has 22 heavy (non-hydrogen) atoms. The van der Waals surface area contributed by atoms with Crippen molar-refractivity contribution in [3.63, 3.8) is 0 Å². The number of fused-ring (bicyclic) bond motifs is 1. The first-order valence-electron chi connectivity index (χ1n) is 7.94. The van der Waals surface area contributed by atoms with Gasteiger partial charge in [-0.15, -0.1) is 0 Å². The average molecular weight is 304 g/mol. The summed E-state index contributed by atoms with van der Waals surface area (Å²) in [4.78, 5) is 23.5. The molecule has 1 aliphatic heterocycles. The number of anilines is 1. The maximum Gasteiger partial charge on any atom is 0.251 e. The maximum absolute atomic E-state index is 12.2. The Kier molecular flexibility index (Phi) is 5.55. The fourth-order valence-electron chi connectivity index (χ4n) is 2.82. The van der Waals surface area contributed by atoms with E-state index in [1.807, 2.05) is 19.9 Å². The summed E-state index contributed by atoms with van der Waals surface area (Å²) in [6.07, 6.45) is 2.37. The number of hydrogen-bond acceptors (Lipinski definition) is 3. The maximum atomic E-state index is 12.2. The highest BCUT2D eigenvalue weighted by molar-refractivity contribution is 5.97. The largest absolute Gasteiger partial charge is 0.391 e. The van der Waals surface area contributed by atoms with Gasteiger partial charge in [-0.05, 0) is 36.1 Å². The number of carbonyl (C=O) groups excluding carboxylic acids is 2. The lowest BCUT2D eigenvalue weighted by Gasteiger charge is -2.21. The molecule has 5 nitrogen and oxygen atoms in total. The number of rotatable bonds is 6.